The Morgan fingerprint density at radius 3 is 2.35 bits per heavy atom. The Bertz CT molecular complexity index is 775. The maximum Gasteiger partial charge on any atom is 0.306 e. The molecule has 138 valence electrons. The average molecular weight is 361 g/mol. The lowest BCUT2D eigenvalue weighted by atomic mass is 10.1. The first-order valence-corrected chi connectivity index (χ1v) is 8.42. The number of benzene rings is 2. The van der Waals surface area contributed by atoms with E-state index in [1.165, 1.54) is 12.5 Å². The van der Waals surface area contributed by atoms with Crippen LogP contribution in [-0.4, -0.2) is 18.0 Å². The summed E-state index contributed by atoms with van der Waals surface area (Å²) in [5, 5.41) is 2.27. The van der Waals surface area contributed by atoms with Crippen molar-refractivity contribution in [1.29, 1.82) is 0 Å². The zero-order chi connectivity index (χ0) is 19.1. The van der Waals surface area contributed by atoms with Gasteiger partial charge in [0.1, 0.15) is 11.6 Å². The normalized spacial score (nSPS) is 11.7. The highest BCUT2D eigenvalue weighted by Gasteiger charge is 2.19. The van der Waals surface area contributed by atoms with Gasteiger partial charge in [-0.15, -0.1) is 0 Å². The fourth-order valence-corrected chi connectivity index (χ4v) is 2.32. The minimum atomic E-state index is -1.09. The molecule has 0 spiro atoms. The summed E-state index contributed by atoms with van der Waals surface area (Å²) in [6.07, 6.45) is 0.496. The minimum absolute atomic E-state index is 0.133. The van der Waals surface area contributed by atoms with Gasteiger partial charge in [-0.3, -0.25) is 9.59 Å². The number of esters is 1. The molecule has 2 aromatic carbocycles. The van der Waals surface area contributed by atoms with E-state index >= 15 is 0 Å². The van der Waals surface area contributed by atoms with Crippen LogP contribution in [0.5, 0.6) is 0 Å². The summed E-state index contributed by atoms with van der Waals surface area (Å²) in [7, 11) is 0. The monoisotopic (exact) mass is 361 g/mol. The molecule has 0 fully saturated rings. The van der Waals surface area contributed by atoms with Crippen LogP contribution in [0, 0.1) is 11.6 Å². The summed E-state index contributed by atoms with van der Waals surface area (Å²) in [4.78, 5) is 23.9. The van der Waals surface area contributed by atoms with Crippen molar-refractivity contribution >= 4 is 17.6 Å². The van der Waals surface area contributed by atoms with E-state index < -0.39 is 29.6 Å². The van der Waals surface area contributed by atoms with Gasteiger partial charge >= 0.3 is 5.97 Å². The molecule has 4 nitrogen and oxygen atoms in total. The van der Waals surface area contributed by atoms with Crippen molar-refractivity contribution in [2.75, 3.05) is 5.32 Å². The van der Waals surface area contributed by atoms with Crippen LogP contribution in [-0.2, 0) is 27.2 Å². The highest BCUT2D eigenvalue weighted by molar-refractivity contribution is 5.95. The zero-order valence-electron chi connectivity index (χ0n) is 14.7. The van der Waals surface area contributed by atoms with Crippen molar-refractivity contribution in [2.45, 2.75) is 39.2 Å². The molecule has 2 aromatic rings. The molecule has 0 unspecified atom stereocenters. The molecule has 0 aliphatic carbocycles. The number of ether oxygens (including phenoxy) is 1. The van der Waals surface area contributed by atoms with E-state index in [2.05, 4.69) is 12.2 Å². The van der Waals surface area contributed by atoms with Gasteiger partial charge in [0.25, 0.3) is 5.91 Å². The first-order valence-electron chi connectivity index (χ1n) is 8.42. The second-order valence-electron chi connectivity index (χ2n) is 5.92. The van der Waals surface area contributed by atoms with Crippen LogP contribution in [0.4, 0.5) is 14.5 Å². The maximum atomic E-state index is 13.5. The summed E-state index contributed by atoms with van der Waals surface area (Å²) < 4.78 is 31.5. The van der Waals surface area contributed by atoms with Gasteiger partial charge in [0.15, 0.2) is 6.10 Å². The summed E-state index contributed by atoms with van der Waals surface area (Å²) in [6.45, 7) is 3.46. The van der Waals surface area contributed by atoms with Gasteiger partial charge in [0, 0.05) is 12.5 Å². The van der Waals surface area contributed by atoms with Crippen molar-refractivity contribution in [1.82, 2.24) is 0 Å². The number of halogens is 2. The van der Waals surface area contributed by atoms with Crippen molar-refractivity contribution in [3.8, 4) is 0 Å². The predicted molar refractivity (Wildman–Crippen MR) is 94.7 cm³/mol. The summed E-state index contributed by atoms with van der Waals surface area (Å²) >= 11 is 0. The molecule has 1 N–H and O–H groups in total. The van der Waals surface area contributed by atoms with Gasteiger partial charge in [-0.05, 0) is 43.0 Å². The third-order valence-corrected chi connectivity index (χ3v) is 3.92. The van der Waals surface area contributed by atoms with Gasteiger partial charge in [-0.25, -0.2) is 8.78 Å². The predicted octanol–water partition coefficient (Wildman–Crippen LogP) is 4.03. The summed E-state index contributed by atoms with van der Waals surface area (Å²) in [6, 6.07) is 10.7. The summed E-state index contributed by atoms with van der Waals surface area (Å²) in [5.41, 5.74) is 2.05. The molecule has 0 aliphatic rings. The number of carbonyl (C=O) groups excluding carboxylic acids is 2. The first-order chi connectivity index (χ1) is 12.4. The molecular formula is C20H21F2NO3. The minimum Gasteiger partial charge on any atom is -0.453 e. The molecule has 6 heteroatoms. The number of anilines is 1. The number of nitrogens with one attached hydrogen (secondary N) is 1. The average Bonchev–Trinajstić information content (AvgIpc) is 2.62. The fourth-order valence-electron chi connectivity index (χ4n) is 2.32. The number of rotatable bonds is 7. The van der Waals surface area contributed by atoms with Crippen molar-refractivity contribution in [3.05, 3.63) is 65.2 Å². The van der Waals surface area contributed by atoms with Crippen LogP contribution in [0.15, 0.2) is 42.5 Å². The number of hydrogen-bond donors (Lipinski definition) is 1. The maximum absolute atomic E-state index is 13.5. The van der Waals surface area contributed by atoms with E-state index in [0.29, 0.717) is 12.5 Å². The second kappa shape index (κ2) is 9.08. The first kappa shape index (κ1) is 19.6. The SMILES string of the molecule is CCc1ccc(CCC(=O)O[C@H](C)C(=O)Nc2ccc(F)cc2F)cc1. The Morgan fingerprint density at radius 2 is 1.73 bits per heavy atom. The number of carbonyl (C=O) groups is 2. The van der Waals surface area contributed by atoms with E-state index in [4.69, 9.17) is 4.74 Å². The van der Waals surface area contributed by atoms with Gasteiger partial charge in [-0.1, -0.05) is 31.2 Å². The second-order valence-corrected chi connectivity index (χ2v) is 5.92. The van der Waals surface area contributed by atoms with Crippen LogP contribution < -0.4 is 5.32 Å². The number of amides is 1. The lowest BCUT2D eigenvalue weighted by Gasteiger charge is -2.14. The van der Waals surface area contributed by atoms with E-state index in [1.807, 2.05) is 24.3 Å². The molecule has 0 bridgehead atoms. The Labute approximate surface area is 151 Å². The molecule has 0 aromatic heterocycles. The van der Waals surface area contributed by atoms with Crippen LogP contribution >= 0.6 is 0 Å². The molecular weight excluding hydrogens is 340 g/mol. The highest BCUT2D eigenvalue weighted by Crippen LogP contribution is 2.15. The Hall–Kier alpha value is -2.76. The summed E-state index contributed by atoms with van der Waals surface area (Å²) in [5.74, 6) is -2.85. The van der Waals surface area contributed by atoms with Gasteiger partial charge in [-0.2, -0.15) is 0 Å². The van der Waals surface area contributed by atoms with Crippen molar-refractivity contribution < 1.29 is 23.1 Å². The van der Waals surface area contributed by atoms with Crippen LogP contribution in [0.25, 0.3) is 0 Å². The lowest BCUT2D eigenvalue weighted by Crippen LogP contribution is -2.30. The van der Waals surface area contributed by atoms with Gasteiger partial charge in [0.2, 0.25) is 0 Å². The van der Waals surface area contributed by atoms with Crippen molar-refractivity contribution in [3.63, 3.8) is 0 Å². The Balaban J connectivity index is 1.82. The highest BCUT2D eigenvalue weighted by atomic mass is 19.1. The molecule has 1 amide bonds. The zero-order valence-corrected chi connectivity index (χ0v) is 14.7. The van der Waals surface area contributed by atoms with Gasteiger partial charge in [0.05, 0.1) is 5.69 Å². The quantitative estimate of drug-likeness (QED) is 0.758. The smallest absolute Gasteiger partial charge is 0.306 e. The molecule has 2 rings (SSSR count). The van der Waals surface area contributed by atoms with Crippen LogP contribution in [0.1, 0.15) is 31.4 Å². The molecule has 0 saturated carbocycles. The largest absolute Gasteiger partial charge is 0.453 e. The Morgan fingerprint density at radius 1 is 1.08 bits per heavy atom. The number of hydrogen-bond acceptors (Lipinski definition) is 3. The van der Waals surface area contributed by atoms with E-state index in [1.54, 1.807) is 0 Å². The number of aryl methyl sites for hydroxylation is 2. The Kier molecular flexibility index (Phi) is 6.83. The molecule has 1 atom stereocenters. The molecule has 26 heavy (non-hydrogen) atoms. The van der Waals surface area contributed by atoms with Crippen molar-refractivity contribution in [2.24, 2.45) is 0 Å². The van der Waals surface area contributed by atoms with E-state index in [0.717, 1.165) is 24.1 Å². The topological polar surface area (TPSA) is 55.4 Å². The lowest BCUT2D eigenvalue weighted by molar-refractivity contribution is -0.153. The molecule has 0 aliphatic heterocycles. The molecule has 0 radical (unpaired) electrons. The van der Waals surface area contributed by atoms with E-state index in [-0.39, 0.29) is 12.1 Å². The molecule has 0 saturated heterocycles. The third-order valence-electron chi connectivity index (χ3n) is 3.92. The van der Waals surface area contributed by atoms with Crippen LogP contribution in [0.3, 0.4) is 0 Å². The third kappa shape index (κ3) is 5.65. The molecule has 0 heterocycles. The van der Waals surface area contributed by atoms with Gasteiger partial charge < -0.3 is 10.1 Å². The fraction of sp³-hybridized carbons (Fsp3) is 0.300. The van der Waals surface area contributed by atoms with Crippen LogP contribution in [0.2, 0.25) is 0 Å². The standard InChI is InChI=1S/C20H21F2NO3/c1-3-14-4-6-15(7-5-14)8-11-19(24)26-13(2)20(25)23-18-10-9-16(21)12-17(18)22/h4-7,9-10,12-13H,3,8,11H2,1-2H3,(H,23,25)/t13-/m1/s1. The van der Waals surface area contributed by atoms with E-state index in [9.17, 15) is 18.4 Å².